The van der Waals surface area contributed by atoms with Crippen LogP contribution in [0.1, 0.15) is 54.7 Å². The molecule has 2 aromatic heterocycles. The fourth-order valence-corrected chi connectivity index (χ4v) is 4.81. The van der Waals surface area contributed by atoms with Gasteiger partial charge in [0.1, 0.15) is 11.3 Å². The van der Waals surface area contributed by atoms with Crippen molar-refractivity contribution >= 4 is 23.1 Å². The molecule has 3 aromatic rings. The number of nitrogens with zero attached hydrogens (tertiary/aromatic N) is 3. The molecule has 1 amide bonds. The van der Waals surface area contributed by atoms with Gasteiger partial charge in [0.25, 0.3) is 11.7 Å². The van der Waals surface area contributed by atoms with Crippen LogP contribution in [0.3, 0.4) is 0 Å². The van der Waals surface area contributed by atoms with E-state index in [1.165, 1.54) is 4.90 Å². The molecule has 3 heterocycles. The molecule has 0 radical (unpaired) electrons. The molecule has 38 heavy (non-hydrogen) atoms. The van der Waals surface area contributed by atoms with E-state index >= 15 is 0 Å². The third-order valence-corrected chi connectivity index (χ3v) is 6.85. The first-order valence-electron chi connectivity index (χ1n) is 12.9. The van der Waals surface area contributed by atoms with Crippen molar-refractivity contribution in [1.82, 2.24) is 14.3 Å². The Balaban J connectivity index is 1.86. The van der Waals surface area contributed by atoms with E-state index in [4.69, 9.17) is 14.2 Å². The lowest BCUT2D eigenvalue weighted by Crippen LogP contribution is -2.31. The van der Waals surface area contributed by atoms with Crippen LogP contribution >= 0.6 is 0 Å². The van der Waals surface area contributed by atoms with Gasteiger partial charge in [-0.15, -0.1) is 0 Å². The number of hydrogen-bond acceptors (Lipinski definition) is 7. The van der Waals surface area contributed by atoms with Crippen molar-refractivity contribution in [3.8, 4) is 11.5 Å². The van der Waals surface area contributed by atoms with Crippen LogP contribution in [0.2, 0.25) is 0 Å². The molecule has 9 heteroatoms. The number of pyridine rings is 1. The van der Waals surface area contributed by atoms with E-state index in [1.807, 2.05) is 36.6 Å². The summed E-state index contributed by atoms with van der Waals surface area (Å²) in [5.74, 6) is -0.661. The van der Waals surface area contributed by atoms with E-state index in [2.05, 4.69) is 11.9 Å². The minimum Gasteiger partial charge on any atom is -0.505 e. The fourth-order valence-electron chi connectivity index (χ4n) is 4.81. The number of rotatable bonds is 11. The summed E-state index contributed by atoms with van der Waals surface area (Å²) in [6, 6.07) is 8.34. The number of benzene rings is 1. The zero-order valence-electron chi connectivity index (χ0n) is 22.6. The van der Waals surface area contributed by atoms with E-state index in [0.29, 0.717) is 48.0 Å². The Morgan fingerprint density at radius 3 is 2.55 bits per heavy atom. The predicted molar refractivity (Wildman–Crippen MR) is 144 cm³/mol. The molecule has 202 valence electrons. The second-order valence-electron chi connectivity index (χ2n) is 9.38. The zero-order valence-corrected chi connectivity index (χ0v) is 22.6. The second-order valence-corrected chi connectivity index (χ2v) is 9.38. The normalized spacial score (nSPS) is 17.0. The molecule has 0 aliphatic carbocycles. The van der Waals surface area contributed by atoms with Gasteiger partial charge in [0.05, 0.1) is 31.0 Å². The van der Waals surface area contributed by atoms with Crippen LogP contribution in [0.5, 0.6) is 11.5 Å². The highest BCUT2D eigenvalue weighted by molar-refractivity contribution is 6.46. The van der Waals surface area contributed by atoms with E-state index < -0.39 is 17.7 Å². The summed E-state index contributed by atoms with van der Waals surface area (Å²) in [5.41, 5.74) is 3.16. The van der Waals surface area contributed by atoms with Crippen LogP contribution < -0.4 is 9.47 Å². The molecule has 1 unspecified atom stereocenters. The molecule has 1 saturated heterocycles. The van der Waals surface area contributed by atoms with E-state index in [9.17, 15) is 14.7 Å². The van der Waals surface area contributed by atoms with Crippen molar-refractivity contribution in [3.05, 3.63) is 64.6 Å². The molecule has 1 N–H and O–H groups in total. The van der Waals surface area contributed by atoms with Gasteiger partial charge in [-0.3, -0.25) is 9.59 Å². The number of carbonyl (C=O) groups is 2. The van der Waals surface area contributed by atoms with Gasteiger partial charge in [0.2, 0.25) is 0 Å². The molecule has 4 rings (SSSR count). The molecule has 0 bridgehead atoms. The number of ketones is 1. The highest BCUT2D eigenvalue weighted by atomic mass is 16.5. The molecule has 0 saturated carbocycles. The first-order chi connectivity index (χ1) is 18.3. The topological polar surface area (TPSA) is 103 Å². The number of amides is 1. The van der Waals surface area contributed by atoms with Crippen LogP contribution in [-0.2, 0) is 14.3 Å². The molecule has 1 aromatic carbocycles. The minimum absolute atomic E-state index is 0.00159. The van der Waals surface area contributed by atoms with Gasteiger partial charge >= 0.3 is 0 Å². The first kappa shape index (κ1) is 27.2. The summed E-state index contributed by atoms with van der Waals surface area (Å²) in [6.07, 6.45) is 4.29. The van der Waals surface area contributed by atoms with Gasteiger partial charge < -0.3 is 28.6 Å². The summed E-state index contributed by atoms with van der Waals surface area (Å²) in [4.78, 5) is 32.8. The molecule has 1 aliphatic rings. The number of Topliss-reactive ketones (excluding diaryl/α,β-unsaturated/α-hetero) is 1. The average molecular weight is 522 g/mol. The number of aliphatic hydroxyl groups is 1. The number of aliphatic hydroxyl groups excluding tert-OH is 1. The summed E-state index contributed by atoms with van der Waals surface area (Å²) in [7, 11) is 3.13. The van der Waals surface area contributed by atoms with Crippen molar-refractivity contribution in [3.63, 3.8) is 0 Å². The number of fused-ring (bicyclic) bond motifs is 1. The second kappa shape index (κ2) is 11.7. The minimum atomic E-state index is -0.823. The summed E-state index contributed by atoms with van der Waals surface area (Å²) in [5, 5.41) is 11.6. The SMILES string of the molecule is CCCCOc1ccc(C2/C(=C(\O)c3nc4c(C)cccn4c3C)C(=O)C(=O)N2CCCOC)cc1OC. The number of imidazole rings is 1. The molecule has 1 aliphatic heterocycles. The maximum absolute atomic E-state index is 13.4. The largest absolute Gasteiger partial charge is 0.505 e. The van der Waals surface area contributed by atoms with Crippen molar-refractivity contribution in [1.29, 1.82) is 0 Å². The molecule has 1 atom stereocenters. The Bertz CT molecular complexity index is 1380. The Kier molecular flexibility index (Phi) is 8.36. The fraction of sp³-hybridized carbons (Fsp3) is 0.414. The van der Waals surface area contributed by atoms with Gasteiger partial charge in [0.15, 0.2) is 17.3 Å². The third kappa shape index (κ3) is 4.98. The first-order valence-corrected chi connectivity index (χ1v) is 12.9. The molecule has 1 fully saturated rings. The molecule has 9 nitrogen and oxygen atoms in total. The van der Waals surface area contributed by atoms with Crippen molar-refractivity contribution in [2.45, 2.75) is 46.1 Å². The number of methoxy groups -OCH3 is 2. The number of likely N-dealkylation sites (tertiary alicyclic amines) is 1. The highest BCUT2D eigenvalue weighted by Gasteiger charge is 2.46. The maximum atomic E-state index is 13.4. The highest BCUT2D eigenvalue weighted by Crippen LogP contribution is 2.42. The molecular weight excluding hydrogens is 486 g/mol. The van der Waals surface area contributed by atoms with Crippen LogP contribution in [-0.4, -0.2) is 65.1 Å². The van der Waals surface area contributed by atoms with Gasteiger partial charge in [-0.1, -0.05) is 25.5 Å². The Morgan fingerprint density at radius 1 is 1.08 bits per heavy atom. The van der Waals surface area contributed by atoms with Gasteiger partial charge in [-0.05, 0) is 56.0 Å². The number of unbranched alkanes of at least 4 members (excludes halogenated alkanes) is 1. The standard InChI is InChI=1S/C29H35N3O6/c1-6-7-16-38-21-12-11-20(17-22(21)37-5)25-23(27(34)29(35)32(25)14-9-15-36-4)26(33)24-19(3)31-13-8-10-18(2)28(31)30-24/h8,10-13,17,25,33H,6-7,9,14-16H2,1-5H3/b26-23+. The van der Waals surface area contributed by atoms with Crippen molar-refractivity contribution < 1.29 is 28.9 Å². The smallest absolute Gasteiger partial charge is 0.295 e. The third-order valence-electron chi connectivity index (χ3n) is 6.85. The number of aromatic nitrogens is 2. The average Bonchev–Trinajstić information content (AvgIpc) is 3.39. The monoisotopic (exact) mass is 521 g/mol. The summed E-state index contributed by atoms with van der Waals surface area (Å²) >= 11 is 0. The van der Waals surface area contributed by atoms with Crippen LogP contribution in [0, 0.1) is 13.8 Å². The van der Waals surface area contributed by atoms with Crippen LogP contribution in [0.4, 0.5) is 0 Å². The van der Waals surface area contributed by atoms with E-state index in [-0.39, 0.29) is 23.6 Å². The lowest BCUT2D eigenvalue weighted by Gasteiger charge is -2.26. The summed E-state index contributed by atoms with van der Waals surface area (Å²) in [6.45, 7) is 7.09. The van der Waals surface area contributed by atoms with Gasteiger partial charge in [-0.2, -0.15) is 0 Å². The molecular formula is C29H35N3O6. The van der Waals surface area contributed by atoms with Crippen LogP contribution in [0.25, 0.3) is 11.4 Å². The van der Waals surface area contributed by atoms with Gasteiger partial charge in [-0.25, -0.2) is 4.98 Å². The van der Waals surface area contributed by atoms with E-state index in [1.54, 1.807) is 32.4 Å². The number of carbonyl (C=O) groups excluding carboxylic acids is 2. The summed E-state index contributed by atoms with van der Waals surface area (Å²) < 4.78 is 18.5. The Morgan fingerprint density at radius 2 is 1.87 bits per heavy atom. The number of ether oxygens (including phenoxy) is 3. The van der Waals surface area contributed by atoms with E-state index in [0.717, 1.165) is 18.4 Å². The lowest BCUT2D eigenvalue weighted by molar-refractivity contribution is -0.140. The Hall–Kier alpha value is -3.85. The van der Waals surface area contributed by atoms with Gasteiger partial charge in [0, 0.05) is 26.5 Å². The van der Waals surface area contributed by atoms with Crippen LogP contribution in [0.15, 0.2) is 42.1 Å². The zero-order chi connectivity index (χ0) is 27.4. The predicted octanol–water partition coefficient (Wildman–Crippen LogP) is 4.60. The lowest BCUT2D eigenvalue weighted by atomic mass is 9.96. The maximum Gasteiger partial charge on any atom is 0.295 e. The molecule has 0 spiro atoms. The number of aryl methyl sites for hydroxylation is 2. The number of hydrogen-bond donors (Lipinski definition) is 1. The van der Waals surface area contributed by atoms with Crippen molar-refractivity contribution in [2.75, 3.05) is 34.0 Å². The van der Waals surface area contributed by atoms with Crippen molar-refractivity contribution in [2.24, 2.45) is 0 Å². The quantitative estimate of drug-likeness (QED) is 0.170. The Labute approximate surface area is 222 Å².